The fourth-order valence-corrected chi connectivity index (χ4v) is 2.43. The van der Waals surface area contributed by atoms with Crippen molar-refractivity contribution >= 4 is 11.9 Å². The largest absolute Gasteiger partial charge is 0.508 e. The number of nitrogens with zero attached hydrogens (tertiary/aromatic N) is 1. The summed E-state index contributed by atoms with van der Waals surface area (Å²) in [6.45, 7) is 1.98. The molecule has 0 unspecified atom stereocenters. The number of carbonyl (C=O) groups excluding carboxylic acids is 2. The lowest BCUT2D eigenvalue weighted by atomic mass is 10.1. The maximum atomic E-state index is 12.4. The second-order valence-corrected chi connectivity index (χ2v) is 5.66. The number of amides is 1. The Morgan fingerprint density at radius 1 is 1.23 bits per heavy atom. The van der Waals surface area contributed by atoms with E-state index in [2.05, 4.69) is 5.32 Å². The molecule has 7 heteroatoms. The van der Waals surface area contributed by atoms with Gasteiger partial charge in [-0.2, -0.15) is 4.57 Å². The summed E-state index contributed by atoms with van der Waals surface area (Å²) >= 11 is 0. The van der Waals surface area contributed by atoms with Crippen LogP contribution in [0.2, 0.25) is 0 Å². The molecule has 0 bridgehead atoms. The second kappa shape index (κ2) is 9.41. The number of aromatic nitrogens is 1. The Bertz CT molecular complexity index is 746. The summed E-state index contributed by atoms with van der Waals surface area (Å²) in [6.07, 6.45) is 3.70. The molecule has 0 saturated carbocycles. The fraction of sp³-hybridized carbons (Fsp3) is 0.316. The van der Waals surface area contributed by atoms with Crippen LogP contribution in [0.25, 0.3) is 0 Å². The topological polar surface area (TPSA) is 88.7 Å². The van der Waals surface area contributed by atoms with Gasteiger partial charge < -0.3 is 19.9 Å². The van der Waals surface area contributed by atoms with Crippen LogP contribution in [0.1, 0.15) is 12.5 Å². The molecule has 2 N–H and O–H groups in total. The average molecular weight is 359 g/mol. The van der Waals surface area contributed by atoms with Crippen molar-refractivity contribution in [2.45, 2.75) is 25.9 Å². The van der Waals surface area contributed by atoms with Gasteiger partial charge in [-0.1, -0.05) is 12.1 Å². The first-order chi connectivity index (χ1) is 12.5. The third-order valence-corrected chi connectivity index (χ3v) is 3.68. The zero-order valence-electron chi connectivity index (χ0n) is 14.8. The molecule has 0 radical (unpaired) electrons. The number of phenols is 1. The van der Waals surface area contributed by atoms with Crippen molar-refractivity contribution < 1.29 is 28.7 Å². The highest BCUT2D eigenvalue weighted by Crippen LogP contribution is 2.12. The molecule has 1 amide bonds. The average Bonchev–Trinajstić information content (AvgIpc) is 2.63. The van der Waals surface area contributed by atoms with Gasteiger partial charge in [0, 0.05) is 12.5 Å². The van der Waals surface area contributed by atoms with E-state index in [-0.39, 0.29) is 31.2 Å². The number of aromatic hydroxyl groups is 1. The van der Waals surface area contributed by atoms with Crippen molar-refractivity contribution in [2.75, 3.05) is 13.7 Å². The number of rotatable bonds is 8. The first-order valence-corrected chi connectivity index (χ1v) is 8.28. The van der Waals surface area contributed by atoms with Gasteiger partial charge in [0.25, 0.3) is 5.91 Å². The summed E-state index contributed by atoms with van der Waals surface area (Å²) in [7, 11) is 1.55. The Morgan fingerprint density at radius 3 is 2.62 bits per heavy atom. The minimum absolute atomic E-state index is 0.0443. The van der Waals surface area contributed by atoms with Gasteiger partial charge in [0.05, 0.1) is 13.7 Å². The minimum Gasteiger partial charge on any atom is -0.508 e. The van der Waals surface area contributed by atoms with Crippen LogP contribution < -0.4 is 14.6 Å². The molecule has 1 aromatic carbocycles. The van der Waals surface area contributed by atoms with Crippen molar-refractivity contribution in [3.8, 4) is 11.5 Å². The van der Waals surface area contributed by atoms with E-state index >= 15 is 0 Å². The molecule has 138 valence electrons. The summed E-state index contributed by atoms with van der Waals surface area (Å²) in [4.78, 5) is 24.5. The summed E-state index contributed by atoms with van der Waals surface area (Å²) in [6, 6.07) is 9.20. The highest BCUT2D eigenvalue weighted by molar-refractivity contribution is 5.84. The normalized spacial score (nSPS) is 11.5. The number of methoxy groups -OCH3 is 1. The molecular formula is C19H23N2O5+. The van der Waals surface area contributed by atoms with Crippen molar-refractivity contribution in [1.82, 2.24) is 5.32 Å². The molecule has 0 aliphatic rings. The van der Waals surface area contributed by atoms with E-state index in [4.69, 9.17) is 9.47 Å². The highest BCUT2D eigenvalue weighted by atomic mass is 16.5. The standard InChI is InChI=1S/C19H22N2O5/c1-3-26-19(24)17(11-14-6-8-15(22)9-7-14)20-18(23)13-21-10-4-5-16(12-21)25-2/h4-10,12,17H,3,11,13H2,1-2H3,(H-,20,22,23)/p+1/t17-/m0/s1. The fourth-order valence-electron chi connectivity index (χ4n) is 2.43. The first kappa shape index (κ1) is 19.2. The first-order valence-electron chi connectivity index (χ1n) is 8.28. The Kier molecular flexibility index (Phi) is 6.96. The number of benzene rings is 1. The number of carbonyl (C=O) groups is 2. The Labute approximate surface area is 152 Å². The van der Waals surface area contributed by atoms with E-state index in [0.29, 0.717) is 5.75 Å². The number of esters is 1. The van der Waals surface area contributed by atoms with E-state index in [1.807, 2.05) is 0 Å². The third kappa shape index (κ3) is 5.77. The minimum atomic E-state index is -0.807. The van der Waals surface area contributed by atoms with Crippen LogP contribution in [0.5, 0.6) is 11.5 Å². The van der Waals surface area contributed by atoms with Crippen molar-refractivity contribution in [1.29, 1.82) is 0 Å². The van der Waals surface area contributed by atoms with E-state index in [9.17, 15) is 14.7 Å². The van der Waals surface area contributed by atoms with Crippen LogP contribution in [-0.2, 0) is 27.3 Å². The smallest absolute Gasteiger partial charge is 0.328 e. The molecule has 1 heterocycles. The van der Waals surface area contributed by atoms with Crippen molar-refractivity contribution in [2.24, 2.45) is 0 Å². The van der Waals surface area contributed by atoms with Gasteiger partial charge in [-0.25, -0.2) is 4.79 Å². The molecule has 1 atom stereocenters. The maximum absolute atomic E-state index is 12.4. The summed E-state index contributed by atoms with van der Waals surface area (Å²) in [5.41, 5.74) is 0.801. The van der Waals surface area contributed by atoms with Crippen molar-refractivity contribution in [3.63, 3.8) is 0 Å². The molecule has 0 saturated heterocycles. The molecule has 0 aliphatic heterocycles. The molecule has 2 rings (SSSR count). The van der Waals surface area contributed by atoms with Gasteiger partial charge in [-0.15, -0.1) is 0 Å². The Hall–Kier alpha value is -3.09. The van der Waals surface area contributed by atoms with Gasteiger partial charge in [0.15, 0.2) is 11.9 Å². The predicted octanol–water partition coefficient (Wildman–Crippen LogP) is 0.979. The quantitative estimate of drug-likeness (QED) is 0.542. The van der Waals surface area contributed by atoms with E-state index in [0.717, 1.165) is 5.56 Å². The zero-order chi connectivity index (χ0) is 18.9. The van der Waals surface area contributed by atoms with Gasteiger partial charge in [-0.3, -0.25) is 4.79 Å². The summed E-state index contributed by atoms with van der Waals surface area (Å²) < 4.78 is 11.9. The van der Waals surface area contributed by atoms with Crippen LogP contribution in [-0.4, -0.2) is 36.7 Å². The van der Waals surface area contributed by atoms with E-state index < -0.39 is 12.0 Å². The number of nitrogens with one attached hydrogen (secondary N) is 1. The van der Waals surface area contributed by atoms with Crippen LogP contribution in [0.4, 0.5) is 0 Å². The summed E-state index contributed by atoms with van der Waals surface area (Å²) in [5.74, 6) is -0.0455. The molecule has 7 nitrogen and oxygen atoms in total. The molecule has 26 heavy (non-hydrogen) atoms. The Morgan fingerprint density at radius 2 is 1.96 bits per heavy atom. The van der Waals surface area contributed by atoms with Gasteiger partial charge in [-0.05, 0) is 30.7 Å². The SMILES string of the molecule is CCOC(=O)[C@H](Cc1ccc(O)cc1)NC(=O)C[n+]1cccc(OC)c1. The van der Waals surface area contributed by atoms with Gasteiger partial charge in [0.2, 0.25) is 12.7 Å². The highest BCUT2D eigenvalue weighted by Gasteiger charge is 2.24. The monoisotopic (exact) mass is 359 g/mol. The molecule has 2 aromatic rings. The van der Waals surface area contributed by atoms with E-state index in [1.54, 1.807) is 55.3 Å². The number of pyridine rings is 1. The van der Waals surface area contributed by atoms with Crippen LogP contribution in [0.15, 0.2) is 48.8 Å². The number of hydrogen-bond donors (Lipinski definition) is 2. The third-order valence-electron chi connectivity index (χ3n) is 3.68. The molecule has 0 fully saturated rings. The number of ether oxygens (including phenoxy) is 2. The number of phenolic OH excluding ortho intramolecular Hbond substituents is 1. The molecule has 0 aliphatic carbocycles. The van der Waals surface area contributed by atoms with Gasteiger partial charge in [0.1, 0.15) is 11.8 Å². The molecule has 1 aromatic heterocycles. The van der Waals surface area contributed by atoms with Crippen LogP contribution >= 0.6 is 0 Å². The second-order valence-electron chi connectivity index (χ2n) is 5.66. The predicted molar refractivity (Wildman–Crippen MR) is 93.6 cm³/mol. The lowest BCUT2D eigenvalue weighted by Crippen LogP contribution is -2.49. The van der Waals surface area contributed by atoms with Gasteiger partial charge >= 0.3 is 5.97 Å². The lowest BCUT2D eigenvalue weighted by Gasteiger charge is -2.16. The van der Waals surface area contributed by atoms with Crippen LogP contribution in [0.3, 0.4) is 0 Å². The molecule has 0 spiro atoms. The Balaban J connectivity index is 2.05. The zero-order valence-corrected chi connectivity index (χ0v) is 14.8. The van der Waals surface area contributed by atoms with E-state index in [1.165, 1.54) is 12.1 Å². The lowest BCUT2D eigenvalue weighted by molar-refractivity contribution is -0.684. The summed E-state index contributed by atoms with van der Waals surface area (Å²) in [5, 5.41) is 12.1. The molecular weight excluding hydrogens is 336 g/mol. The maximum Gasteiger partial charge on any atom is 0.328 e. The van der Waals surface area contributed by atoms with Crippen LogP contribution in [0, 0.1) is 0 Å². The number of hydrogen-bond acceptors (Lipinski definition) is 5. The van der Waals surface area contributed by atoms with Crippen molar-refractivity contribution in [3.05, 3.63) is 54.4 Å².